The van der Waals surface area contributed by atoms with E-state index < -0.39 is 4.92 Å². The Bertz CT molecular complexity index is 365. The van der Waals surface area contributed by atoms with Crippen molar-refractivity contribution in [2.24, 2.45) is 0 Å². The molecule has 15 heavy (non-hydrogen) atoms. The van der Waals surface area contributed by atoms with E-state index in [9.17, 15) is 10.1 Å². The molecule has 1 aromatic rings. The van der Waals surface area contributed by atoms with E-state index in [2.05, 4.69) is 11.2 Å². The van der Waals surface area contributed by atoms with Crippen molar-refractivity contribution in [2.75, 3.05) is 13.1 Å². The molecule has 0 aliphatic rings. The summed E-state index contributed by atoms with van der Waals surface area (Å²) in [4.78, 5) is 9.98. The number of nitro benzene ring substituents is 1. The van der Waals surface area contributed by atoms with Crippen LogP contribution < -0.4 is 5.32 Å². The normalized spacial score (nSPS) is 9.53. The van der Waals surface area contributed by atoms with E-state index in [-0.39, 0.29) is 5.69 Å². The molecule has 0 bridgehead atoms. The minimum atomic E-state index is -0.402. The summed E-state index contributed by atoms with van der Waals surface area (Å²) in [6.45, 7) is 1.33. The molecule has 0 unspecified atom stereocenters. The molecular weight excluding hydrogens is 192 g/mol. The van der Waals surface area contributed by atoms with Crippen LogP contribution in [0.1, 0.15) is 5.56 Å². The third-order valence-electron chi connectivity index (χ3n) is 1.96. The number of hydrogen-bond acceptors (Lipinski definition) is 3. The van der Waals surface area contributed by atoms with Crippen molar-refractivity contribution in [1.82, 2.24) is 5.32 Å². The van der Waals surface area contributed by atoms with Crippen molar-refractivity contribution < 1.29 is 4.92 Å². The first-order valence-electron chi connectivity index (χ1n) is 4.61. The SMILES string of the molecule is C#CCNCCc1ccc([N+](=O)[O-])cc1. The molecule has 0 atom stereocenters. The number of rotatable bonds is 5. The van der Waals surface area contributed by atoms with E-state index in [0.717, 1.165) is 18.5 Å². The molecule has 1 N–H and O–H groups in total. The van der Waals surface area contributed by atoms with Gasteiger partial charge < -0.3 is 5.32 Å². The molecule has 4 heteroatoms. The van der Waals surface area contributed by atoms with Crippen LogP contribution in [0.5, 0.6) is 0 Å². The van der Waals surface area contributed by atoms with Crippen molar-refractivity contribution in [3.8, 4) is 12.3 Å². The standard InChI is InChI=1S/C11H12N2O2/c1-2-8-12-9-7-10-3-5-11(6-4-10)13(14)15/h1,3-6,12H,7-9H2. The Balaban J connectivity index is 2.43. The number of benzene rings is 1. The molecule has 0 heterocycles. The van der Waals surface area contributed by atoms with Crippen LogP contribution in [0.4, 0.5) is 5.69 Å². The summed E-state index contributed by atoms with van der Waals surface area (Å²) in [6.07, 6.45) is 5.89. The maximum atomic E-state index is 10.4. The first-order valence-corrected chi connectivity index (χ1v) is 4.61. The van der Waals surface area contributed by atoms with Crippen LogP contribution in [-0.2, 0) is 6.42 Å². The second-order valence-electron chi connectivity index (χ2n) is 3.05. The molecule has 0 aromatic heterocycles. The maximum Gasteiger partial charge on any atom is 0.269 e. The van der Waals surface area contributed by atoms with Gasteiger partial charge >= 0.3 is 0 Å². The number of nitrogens with zero attached hydrogens (tertiary/aromatic N) is 1. The zero-order valence-electron chi connectivity index (χ0n) is 8.27. The molecule has 0 saturated carbocycles. The molecule has 1 aromatic carbocycles. The van der Waals surface area contributed by atoms with E-state index in [1.54, 1.807) is 12.1 Å². The molecule has 78 valence electrons. The Labute approximate surface area is 88.5 Å². The van der Waals surface area contributed by atoms with Crippen LogP contribution >= 0.6 is 0 Å². The van der Waals surface area contributed by atoms with Crippen LogP contribution in [-0.4, -0.2) is 18.0 Å². The van der Waals surface area contributed by atoms with Gasteiger partial charge in [-0.15, -0.1) is 6.42 Å². The lowest BCUT2D eigenvalue weighted by Crippen LogP contribution is -2.17. The zero-order valence-corrected chi connectivity index (χ0v) is 8.27. The fraction of sp³-hybridized carbons (Fsp3) is 0.273. The predicted molar refractivity (Wildman–Crippen MR) is 58.5 cm³/mol. The van der Waals surface area contributed by atoms with Crippen molar-refractivity contribution in [3.05, 3.63) is 39.9 Å². The van der Waals surface area contributed by atoms with Crippen molar-refractivity contribution >= 4 is 5.69 Å². The second kappa shape index (κ2) is 5.78. The molecule has 0 saturated heterocycles. The van der Waals surface area contributed by atoms with Gasteiger partial charge in [-0.1, -0.05) is 18.1 Å². The van der Waals surface area contributed by atoms with Gasteiger partial charge in [0.2, 0.25) is 0 Å². The Morgan fingerprint density at radius 1 is 1.40 bits per heavy atom. The number of hydrogen-bond donors (Lipinski definition) is 1. The van der Waals surface area contributed by atoms with Gasteiger partial charge in [-0.25, -0.2) is 0 Å². The first kappa shape index (κ1) is 11.2. The largest absolute Gasteiger partial charge is 0.306 e. The molecule has 0 aliphatic heterocycles. The molecule has 0 aliphatic carbocycles. The van der Waals surface area contributed by atoms with Crippen molar-refractivity contribution in [1.29, 1.82) is 0 Å². The van der Waals surface area contributed by atoms with Gasteiger partial charge in [-0.3, -0.25) is 10.1 Å². The highest BCUT2D eigenvalue weighted by Gasteiger charge is 2.02. The Morgan fingerprint density at radius 3 is 2.60 bits per heavy atom. The van der Waals surface area contributed by atoms with Crippen LogP contribution in [0.2, 0.25) is 0 Å². The van der Waals surface area contributed by atoms with E-state index in [0.29, 0.717) is 6.54 Å². The summed E-state index contributed by atoms with van der Waals surface area (Å²) in [5.41, 5.74) is 1.18. The van der Waals surface area contributed by atoms with Gasteiger partial charge in [0.1, 0.15) is 0 Å². The van der Waals surface area contributed by atoms with Gasteiger partial charge in [-0.05, 0) is 12.0 Å². The Morgan fingerprint density at radius 2 is 2.07 bits per heavy atom. The summed E-state index contributed by atoms with van der Waals surface area (Å²) in [5, 5.41) is 13.4. The molecule has 0 radical (unpaired) electrons. The van der Waals surface area contributed by atoms with Crippen molar-refractivity contribution in [2.45, 2.75) is 6.42 Å². The zero-order chi connectivity index (χ0) is 11.1. The quantitative estimate of drug-likeness (QED) is 0.341. The Hall–Kier alpha value is -1.86. The molecule has 1 rings (SSSR count). The highest BCUT2D eigenvalue weighted by Crippen LogP contribution is 2.11. The smallest absolute Gasteiger partial charge is 0.269 e. The number of non-ortho nitro benzene ring substituents is 1. The van der Waals surface area contributed by atoms with Gasteiger partial charge in [0.25, 0.3) is 5.69 Å². The third-order valence-corrected chi connectivity index (χ3v) is 1.96. The topological polar surface area (TPSA) is 55.2 Å². The minimum absolute atomic E-state index is 0.121. The van der Waals surface area contributed by atoms with E-state index in [1.807, 2.05) is 0 Å². The highest BCUT2D eigenvalue weighted by molar-refractivity contribution is 5.32. The van der Waals surface area contributed by atoms with Gasteiger partial charge in [-0.2, -0.15) is 0 Å². The molecule has 4 nitrogen and oxygen atoms in total. The van der Waals surface area contributed by atoms with E-state index >= 15 is 0 Å². The van der Waals surface area contributed by atoms with Gasteiger partial charge in [0.15, 0.2) is 0 Å². The molecule has 0 amide bonds. The summed E-state index contributed by atoms with van der Waals surface area (Å²) < 4.78 is 0. The average Bonchev–Trinajstić information content (AvgIpc) is 2.25. The number of nitrogens with one attached hydrogen (secondary N) is 1. The number of nitro groups is 1. The molecule has 0 fully saturated rings. The lowest BCUT2D eigenvalue weighted by molar-refractivity contribution is -0.384. The van der Waals surface area contributed by atoms with Crippen molar-refractivity contribution in [3.63, 3.8) is 0 Å². The fourth-order valence-electron chi connectivity index (χ4n) is 1.18. The Kier molecular flexibility index (Phi) is 4.32. The fourth-order valence-corrected chi connectivity index (χ4v) is 1.18. The number of terminal acetylenes is 1. The highest BCUT2D eigenvalue weighted by atomic mass is 16.6. The summed E-state index contributed by atoms with van der Waals surface area (Å²) in [7, 11) is 0. The first-order chi connectivity index (χ1) is 7.24. The summed E-state index contributed by atoms with van der Waals surface area (Å²) in [5.74, 6) is 2.48. The van der Waals surface area contributed by atoms with Crippen LogP contribution in [0.25, 0.3) is 0 Å². The molecular formula is C11H12N2O2. The van der Waals surface area contributed by atoms with E-state index in [1.165, 1.54) is 12.1 Å². The van der Waals surface area contributed by atoms with Crippen LogP contribution in [0.15, 0.2) is 24.3 Å². The van der Waals surface area contributed by atoms with Crippen LogP contribution in [0, 0.1) is 22.5 Å². The average molecular weight is 204 g/mol. The van der Waals surface area contributed by atoms with Crippen LogP contribution in [0.3, 0.4) is 0 Å². The summed E-state index contributed by atoms with van der Waals surface area (Å²) >= 11 is 0. The second-order valence-corrected chi connectivity index (χ2v) is 3.05. The van der Waals surface area contributed by atoms with E-state index in [4.69, 9.17) is 6.42 Å². The predicted octanol–water partition coefficient (Wildman–Crippen LogP) is 1.36. The lowest BCUT2D eigenvalue weighted by atomic mass is 10.1. The monoisotopic (exact) mass is 204 g/mol. The summed E-state index contributed by atoms with van der Waals surface area (Å²) in [6, 6.07) is 6.54. The van der Waals surface area contributed by atoms with Gasteiger partial charge in [0.05, 0.1) is 11.5 Å². The third kappa shape index (κ3) is 3.79. The maximum absolute atomic E-state index is 10.4. The van der Waals surface area contributed by atoms with Gasteiger partial charge in [0, 0.05) is 18.7 Å². The minimum Gasteiger partial charge on any atom is -0.306 e. The molecule has 0 spiro atoms. The lowest BCUT2D eigenvalue weighted by Gasteiger charge is -2.01.